The molecule has 2 saturated carbocycles. The minimum absolute atomic E-state index is 0.216. The van der Waals surface area contributed by atoms with Crippen molar-refractivity contribution in [3.8, 4) is 0 Å². The van der Waals surface area contributed by atoms with Crippen molar-refractivity contribution in [2.45, 2.75) is 47.0 Å². The summed E-state index contributed by atoms with van der Waals surface area (Å²) in [6.07, 6.45) is 6.24. The van der Waals surface area contributed by atoms with Crippen molar-refractivity contribution in [3.05, 3.63) is 11.6 Å². The number of aliphatic hydroxyl groups excluding tert-OH is 1. The Kier molecular flexibility index (Phi) is 2.50. The fourth-order valence-electron chi connectivity index (χ4n) is 3.49. The van der Waals surface area contributed by atoms with Gasteiger partial charge in [0.15, 0.2) is 0 Å². The molecule has 0 saturated heterocycles. The van der Waals surface area contributed by atoms with Crippen LogP contribution < -0.4 is 0 Å². The molecule has 0 aromatic carbocycles. The molecule has 0 radical (unpaired) electrons. The summed E-state index contributed by atoms with van der Waals surface area (Å²) < 4.78 is 0. The standard InChI is InChI=1S/C14H24O/c1-10(9-15)5-6-11-7-12-8-14(12,4)13(11,2)3/h5,11-12,15H,6-9H2,1-4H3. The van der Waals surface area contributed by atoms with Crippen molar-refractivity contribution in [1.82, 2.24) is 0 Å². The maximum Gasteiger partial charge on any atom is 0.0639 e. The average Bonchev–Trinajstić information content (AvgIpc) is 2.80. The second kappa shape index (κ2) is 3.35. The zero-order chi connectivity index (χ0) is 11.3. The normalized spacial score (nSPS) is 42.9. The van der Waals surface area contributed by atoms with Crippen LogP contribution in [0.4, 0.5) is 0 Å². The number of hydrogen-bond acceptors (Lipinski definition) is 1. The number of aliphatic hydroxyl groups is 1. The monoisotopic (exact) mass is 208 g/mol. The van der Waals surface area contributed by atoms with Gasteiger partial charge in [0.2, 0.25) is 0 Å². The molecule has 0 aromatic rings. The summed E-state index contributed by atoms with van der Waals surface area (Å²) in [6.45, 7) is 9.57. The summed E-state index contributed by atoms with van der Waals surface area (Å²) >= 11 is 0. The van der Waals surface area contributed by atoms with Crippen molar-refractivity contribution in [2.75, 3.05) is 6.61 Å². The van der Waals surface area contributed by atoms with Crippen molar-refractivity contribution in [1.29, 1.82) is 0 Å². The molecule has 0 aliphatic heterocycles. The molecule has 0 amide bonds. The van der Waals surface area contributed by atoms with Gasteiger partial charge in [0, 0.05) is 0 Å². The molecule has 1 heteroatoms. The number of hydrogen-bond donors (Lipinski definition) is 1. The Labute approximate surface area is 93.6 Å². The summed E-state index contributed by atoms with van der Waals surface area (Å²) in [5.74, 6) is 1.81. The summed E-state index contributed by atoms with van der Waals surface area (Å²) in [6, 6.07) is 0. The second-order valence-electron chi connectivity index (χ2n) is 6.42. The molecule has 86 valence electrons. The highest BCUT2D eigenvalue weighted by atomic mass is 16.3. The fraction of sp³-hybridized carbons (Fsp3) is 0.857. The molecule has 3 atom stereocenters. The Hall–Kier alpha value is -0.300. The zero-order valence-electron chi connectivity index (χ0n) is 10.5. The van der Waals surface area contributed by atoms with Crippen LogP contribution in [-0.4, -0.2) is 11.7 Å². The first-order chi connectivity index (χ1) is 6.91. The number of rotatable bonds is 3. The maximum atomic E-state index is 8.98. The van der Waals surface area contributed by atoms with Gasteiger partial charge in [-0.3, -0.25) is 0 Å². The van der Waals surface area contributed by atoms with Gasteiger partial charge in [0.05, 0.1) is 6.61 Å². The average molecular weight is 208 g/mol. The molecule has 0 spiro atoms. The lowest BCUT2D eigenvalue weighted by Gasteiger charge is -2.35. The maximum absolute atomic E-state index is 8.98. The van der Waals surface area contributed by atoms with Gasteiger partial charge in [-0.05, 0) is 48.9 Å². The first kappa shape index (κ1) is 11.2. The molecule has 2 aliphatic carbocycles. The summed E-state index contributed by atoms with van der Waals surface area (Å²) in [5.41, 5.74) is 2.24. The van der Waals surface area contributed by atoms with E-state index in [-0.39, 0.29) is 6.61 Å². The van der Waals surface area contributed by atoms with Crippen LogP contribution in [0.2, 0.25) is 0 Å². The smallest absolute Gasteiger partial charge is 0.0639 e. The largest absolute Gasteiger partial charge is 0.392 e. The minimum Gasteiger partial charge on any atom is -0.392 e. The Morgan fingerprint density at radius 3 is 2.53 bits per heavy atom. The van der Waals surface area contributed by atoms with Crippen molar-refractivity contribution in [2.24, 2.45) is 22.7 Å². The number of fused-ring (bicyclic) bond motifs is 1. The minimum atomic E-state index is 0.216. The molecule has 2 fully saturated rings. The van der Waals surface area contributed by atoms with Gasteiger partial charge in [-0.25, -0.2) is 0 Å². The molecule has 2 rings (SSSR count). The van der Waals surface area contributed by atoms with Gasteiger partial charge in [0.25, 0.3) is 0 Å². The molecule has 0 bridgehead atoms. The molecule has 2 aliphatic rings. The van der Waals surface area contributed by atoms with Crippen LogP contribution in [0.1, 0.15) is 47.0 Å². The topological polar surface area (TPSA) is 20.2 Å². The summed E-state index contributed by atoms with van der Waals surface area (Å²) in [5, 5.41) is 8.98. The molecular formula is C14H24O. The van der Waals surface area contributed by atoms with Gasteiger partial charge in [-0.1, -0.05) is 32.4 Å². The second-order valence-corrected chi connectivity index (χ2v) is 6.42. The lowest BCUT2D eigenvalue weighted by Crippen LogP contribution is -2.27. The molecule has 0 aromatic heterocycles. The van der Waals surface area contributed by atoms with Gasteiger partial charge in [0.1, 0.15) is 0 Å². The molecule has 3 unspecified atom stereocenters. The first-order valence-corrected chi connectivity index (χ1v) is 6.18. The van der Waals surface area contributed by atoms with E-state index in [1.807, 2.05) is 6.92 Å². The Morgan fingerprint density at radius 1 is 1.40 bits per heavy atom. The van der Waals surface area contributed by atoms with Crippen molar-refractivity contribution in [3.63, 3.8) is 0 Å². The molecular weight excluding hydrogens is 184 g/mol. The van der Waals surface area contributed by atoms with Crippen LogP contribution in [0.5, 0.6) is 0 Å². The fourth-order valence-corrected chi connectivity index (χ4v) is 3.49. The van der Waals surface area contributed by atoms with E-state index in [4.69, 9.17) is 5.11 Å². The highest BCUT2D eigenvalue weighted by molar-refractivity contribution is 5.17. The zero-order valence-corrected chi connectivity index (χ0v) is 10.5. The highest BCUT2D eigenvalue weighted by Crippen LogP contribution is 2.74. The first-order valence-electron chi connectivity index (χ1n) is 6.18. The molecule has 1 N–H and O–H groups in total. The predicted octanol–water partition coefficient (Wildman–Crippen LogP) is 3.39. The third-order valence-electron chi connectivity index (χ3n) is 5.47. The van der Waals surface area contributed by atoms with E-state index < -0.39 is 0 Å². The van der Waals surface area contributed by atoms with E-state index >= 15 is 0 Å². The van der Waals surface area contributed by atoms with Crippen LogP contribution in [0.25, 0.3) is 0 Å². The SMILES string of the molecule is CC(=CCC1CC2CC2(C)C1(C)C)CO. The van der Waals surface area contributed by atoms with Gasteiger partial charge in [-0.15, -0.1) is 0 Å². The highest BCUT2D eigenvalue weighted by Gasteiger charge is 2.66. The van der Waals surface area contributed by atoms with Gasteiger partial charge < -0.3 is 5.11 Å². The molecule has 1 nitrogen and oxygen atoms in total. The Morgan fingerprint density at radius 2 is 2.07 bits per heavy atom. The molecule has 15 heavy (non-hydrogen) atoms. The molecule has 0 heterocycles. The third-order valence-corrected chi connectivity index (χ3v) is 5.47. The van der Waals surface area contributed by atoms with Crippen LogP contribution in [0.15, 0.2) is 11.6 Å². The van der Waals surface area contributed by atoms with E-state index in [0.29, 0.717) is 10.8 Å². The third kappa shape index (κ3) is 1.56. The number of allylic oxidation sites excluding steroid dienone is 1. The van der Waals surface area contributed by atoms with E-state index in [1.165, 1.54) is 12.8 Å². The Bertz CT molecular complexity index is 290. The van der Waals surface area contributed by atoms with Crippen LogP contribution in [-0.2, 0) is 0 Å². The van der Waals surface area contributed by atoms with Crippen molar-refractivity contribution < 1.29 is 5.11 Å². The van der Waals surface area contributed by atoms with E-state index in [0.717, 1.165) is 23.8 Å². The van der Waals surface area contributed by atoms with Crippen LogP contribution in [0, 0.1) is 22.7 Å². The predicted molar refractivity (Wildman–Crippen MR) is 63.6 cm³/mol. The van der Waals surface area contributed by atoms with E-state index in [9.17, 15) is 0 Å². The van der Waals surface area contributed by atoms with Gasteiger partial charge in [-0.2, -0.15) is 0 Å². The van der Waals surface area contributed by atoms with Crippen LogP contribution in [0.3, 0.4) is 0 Å². The quantitative estimate of drug-likeness (QED) is 0.705. The summed E-state index contributed by atoms with van der Waals surface area (Å²) in [4.78, 5) is 0. The van der Waals surface area contributed by atoms with Gasteiger partial charge >= 0.3 is 0 Å². The Balaban J connectivity index is 2.02. The van der Waals surface area contributed by atoms with E-state index in [2.05, 4.69) is 26.8 Å². The van der Waals surface area contributed by atoms with Crippen LogP contribution >= 0.6 is 0 Å². The summed E-state index contributed by atoms with van der Waals surface area (Å²) in [7, 11) is 0. The van der Waals surface area contributed by atoms with Crippen molar-refractivity contribution >= 4 is 0 Å². The lowest BCUT2D eigenvalue weighted by atomic mass is 9.70. The van der Waals surface area contributed by atoms with E-state index in [1.54, 1.807) is 0 Å². The lowest BCUT2D eigenvalue weighted by molar-refractivity contribution is 0.150.